The van der Waals surface area contributed by atoms with E-state index in [-0.39, 0.29) is 5.69 Å². The Kier molecular flexibility index (Phi) is 4.24. The molecular weight excluding hydrogens is 261 g/mol. The Hall–Kier alpha value is -2.50. The Morgan fingerprint density at radius 2 is 2.15 bits per heavy atom. The lowest BCUT2D eigenvalue weighted by Gasteiger charge is -2.07. The fourth-order valence-corrected chi connectivity index (χ4v) is 1.83. The first-order chi connectivity index (χ1) is 9.58. The predicted molar refractivity (Wildman–Crippen MR) is 74.2 cm³/mol. The fraction of sp³-hybridized carbons (Fsp3) is 0.214. The van der Waals surface area contributed by atoms with Crippen molar-refractivity contribution in [3.8, 4) is 0 Å². The van der Waals surface area contributed by atoms with Crippen LogP contribution in [0.3, 0.4) is 0 Å². The molecule has 0 fully saturated rings. The molecule has 0 bridgehead atoms. The van der Waals surface area contributed by atoms with E-state index in [0.717, 1.165) is 17.3 Å². The minimum atomic E-state index is -0.836. The van der Waals surface area contributed by atoms with Crippen LogP contribution in [0, 0.1) is 22.9 Å². The van der Waals surface area contributed by atoms with E-state index in [4.69, 9.17) is 0 Å². The second kappa shape index (κ2) is 6.10. The average Bonchev–Trinajstić information content (AvgIpc) is 2.40. The number of nitrogens with zero attached hydrogens (tertiary/aromatic N) is 2. The standard InChI is InChI=1S/C14H14FN3O2/c1-10-5-6-11(9-17-10)7-8-16-13-4-2-3-12(15)14(13)18(19)20/h2-6,9,16H,7-8H2,1H3. The van der Waals surface area contributed by atoms with Crippen LogP contribution in [0.15, 0.2) is 36.5 Å². The first-order valence-electron chi connectivity index (χ1n) is 6.16. The van der Waals surface area contributed by atoms with Gasteiger partial charge in [-0.25, -0.2) is 0 Å². The molecule has 0 aliphatic rings. The summed E-state index contributed by atoms with van der Waals surface area (Å²) in [5, 5.41) is 13.7. The topological polar surface area (TPSA) is 68.1 Å². The second-order valence-electron chi connectivity index (χ2n) is 4.38. The smallest absolute Gasteiger partial charge is 0.327 e. The van der Waals surface area contributed by atoms with Gasteiger partial charge in [-0.3, -0.25) is 15.1 Å². The Balaban J connectivity index is 2.02. The van der Waals surface area contributed by atoms with Crippen molar-refractivity contribution in [3.05, 3.63) is 63.7 Å². The van der Waals surface area contributed by atoms with Crippen molar-refractivity contribution in [1.82, 2.24) is 4.98 Å². The molecule has 0 unspecified atom stereocenters. The maximum atomic E-state index is 13.4. The minimum absolute atomic E-state index is 0.190. The average molecular weight is 275 g/mol. The van der Waals surface area contributed by atoms with E-state index < -0.39 is 16.4 Å². The van der Waals surface area contributed by atoms with Gasteiger partial charge in [0.15, 0.2) is 0 Å². The lowest BCUT2D eigenvalue weighted by Crippen LogP contribution is -2.08. The summed E-state index contributed by atoms with van der Waals surface area (Å²) in [6.45, 7) is 2.37. The number of halogens is 1. The summed E-state index contributed by atoms with van der Waals surface area (Å²) in [6.07, 6.45) is 2.41. The molecule has 0 radical (unpaired) electrons. The highest BCUT2D eigenvalue weighted by Crippen LogP contribution is 2.26. The van der Waals surface area contributed by atoms with E-state index in [1.165, 1.54) is 12.1 Å². The predicted octanol–water partition coefficient (Wildman–Crippen LogP) is 3.09. The Labute approximate surface area is 115 Å². The van der Waals surface area contributed by atoms with Gasteiger partial charge in [-0.1, -0.05) is 12.1 Å². The van der Waals surface area contributed by atoms with Crippen molar-refractivity contribution in [2.45, 2.75) is 13.3 Å². The van der Waals surface area contributed by atoms with Gasteiger partial charge in [0.05, 0.1) is 4.92 Å². The van der Waals surface area contributed by atoms with E-state index in [1.807, 2.05) is 19.1 Å². The number of hydrogen-bond acceptors (Lipinski definition) is 4. The summed E-state index contributed by atoms with van der Waals surface area (Å²) < 4.78 is 13.4. The third kappa shape index (κ3) is 3.28. The molecule has 0 saturated carbocycles. The largest absolute Gasteiger partial charge is 0.379 e. The van der Waals surface area contributed by atoms with Gasteiger partial charge in [0.2, 0.25) is 5.82 Å². The summed E-state index contributed by atoms with van der Waals surface area (Å²) in [4.78, 5) is 14.3. The molecule has 2 aromatic rings. The zero-order valence-electron chi connectivity index (χ0n) is 11.0. The molecule has 20 heavy (non-hydrogen) atoms. The first kappa shape index (κ1) is 13.9. The van der Waals surface area contributed by atoms with Crippen LogP contribution in [0.2, 0.25) is 0 Å². The molecule has 0 saturated heterocycles. The van der Waals surface area contributed by atoms with Crippen LogP contribution in [-0.4, -0.2) is 16.5 Å². The zero-order valence-corrected chi connectivity index (χ0v) is 11.0. The SMILES string of the molecule is Cc1ccc(CCNc2cccc(F)c2[N+](=O)[O-])cn1. The van der Waals surface area contributed by atoms with Gasteiger partial charge >= 0.3 is 5.69 Å². The lowest BCUT2D eigenvalue weighted by atomic mass is 10.2. The van der Waals surface area contributed by atoms with Crippen LogP contribution >= 0.6 is 0 Å². The van der Waals surface area contributed by atoms with Gasteiger partial charge < -0.3 is 5.32 Å². The maximum absolute atomic E-state index is 13.4. The Bertz CT molecular complexity index is 614. The molecule has 0 aliphatic carbocycles. The number of nitro groups is 1. The number of anilines is 1. The number of nitrogens with one attached hydrogen (secondary N) is 1. The number of aromatic nitrogens is 1. The van der Waals surface area contributed by atoms with Gasteiger partial charge in [0.25, 0.3) is 0 Å². The highest BCUT2D eigenvalue weighted by atomic mass is 19.1. The number of hydrogen-bond donors (Lipinski definition) is 1. The third-order valence-electron chi connectivity index (χ3n) is 2.87. The highest BCUT2D eigenvalue weighted by molar-refractivity contribution is 5.61. The molecule has 1 aromatic heterocycles. The molecule has 6 heteroatoms. The molecule has 5 nitrogen and oxygen atoms in total. The minimum Gasteiger partial charge on any atom is -0.379 e. The molecule has 104 valence electrons. The quantitative estimate of drug-likeness (QED) is 0.672. The van der Waals surface area contributed by atoms with Crippen LogP contribution in [0.5, 0.6) is 0 Å². The maximum Gasteiger partial charge on any atom is 0.327 e. The highest BCUT2D eigenvalue weighted by Gasteiger charge is 2.19. The van der Waals surface area contributed by atoms with Gasteiger partial charge in [0, 0.05) is 18.4 Å². The van der Waals surface area contributed by atoms with Crippen LogP contribution in [0.4, 0.5) is 15.8 Å². The molecule has 0 amide bonds. The monoisotopic (exact) mass is 275 g/mol. The van der Waals surface area contributed by atoms with Crippen molar-refractivity contribution in [3.63, 3.8) is 0 Å². The fourth-order valence-electron chi connectivity index (χ4n) is 1.83. The summed E-state index contributed by atoms with van der Waals surface area (Å²) in [5.41, 5.74) is 1.62. The van der Waals surface area contributed by atoms with E-state index in [1.54, 1.807) is 6.20 Å². The molecule has 1 heterocycles. The lowest BCUT2D eigenvalue weighted by molar-refractivity contribution is -0.386. The normalized spacial score (nSPS) is 10.3. The number of rotatable bonds is 5. The summed E-state index contributed by atoms with van der Waals surface area (Å²) >= 11 is 0. The van der Waals surface area contributed by atoms with Crippen LogP contribution in [0.1, 0.15) is 11.3 Å². The van der Waals surface area contributed by atoms with Crippen LogP contribution in [-0.2, 0) is 6.42 Å². The van der Waals surface area contributed by atoms with Crippen molar-refractivity contribution >= 4 is 11.4 Å². The van der Waals surface area contributed by atoms with Crippen molar-refractivity contribution in [2.75, 3.05) is 11.9 Å². The van der Waals surface area contributed by atoms with E-state index in [0.29, 0.717) is 13.0 Å². The molecule has 1 N–H and O–H groups in total. The number of nitro benzene ring substituents is 1. The van der Waals surface area contributed by atoms with Crippen LogP contribution < -0.4 is 5.32 Å². The van der Waals surface area contributed by atoms with Gasteiger partial charge in [-0.05, 0) is 37.1 Å². The summed E-state index contributed by atoms with van der Waals surface area (Å²) in [5.74, 6) is -0.836. The van der Waals surface area contributed by atoms with Gasteiger partial charge in [0.1, 0.15) is 5.69 Å². The molecule has 0 aliphatic heterocycles. The molecule has 1 aromatic carbocycles. The Morgan fingerprint density at radius 1 is 1.35 bits per heavy atom. The number of aryl methyl sites for hydroxylation is 1. The number of para-hydroxylation sites is 1. The van der Waals surface area contributed by atoms with Crippen LogP contribution in [0.25, 0.3) is 0 Å². The number of benzene rings is 1. The van der Waals surface area contributed by atoms with Gasteiger partial charge in [-0.2, -0.15) is 4.39 Å². The summed E-state index contributed by atoms with van der Waals surface area (Å²) in [7, 11) is 0. The van der Waals surface area contributed by atoms with Gasteiger partial charge in [-0.15, -0.1) is 0 Å². The third-order valence-corrected chi connectivity index (χ3v) is 2.87. The van der Waals surface area contributed by atoms with E-state index in [9.17, 15) is 14.5 Å². The molecule has 2 rings (SSSR count). The molecule has 0 spiro atoms. The van der Waals surface area contributed by atoms with E-state index >= 15 is 0 Å². The molecule has 0 atom stereocenters. The summed E-state index contributed by atoms with van der Waals surface area (Å²) in [6, 6.07) is 7.86. The first-order valence-corrected chi connectivity index (χ1v) is 6.16. The number of pyridine rings is 1. The second-order valence-corrected chi connectivity index (χ2v) is 4.38. The van der Waals surface area contributed by atoms with Crippen molar-refractivity contribution < 1.29 is 9.31 Å². The zero-order chi connectivity index (χ0) is 14.5. The van der Waals surface area contributed by atoms with E-state index in [2.05, 4.69) is 10.3 Å². The molecular formula is C14H14FN3O2. The Morgan fingerprint density at radius 3 is 2.80 bits per heavy atom. The van der Waals surface area contributed by atoms with Crippen molar-refractivity contribution in [1.29, 1.82) is 0 Å². The van der Waals surface area contributed by atoms with Crippen molar-refractivity contribution in [2.24, 2.45) is 0 Å².